The van der Waals surface area contributed by atoms with Crippen LogP contribution in [-0.4, -0.2) is 35.0 Å². The van der Waals surface area contributed by atoms with E-state index in [1.807, 2.05) is 18.2 Å². The predicted molar refractivity (Wildman–Crippen MR) is 114 cm³/mol. The Kier molecular flexibility index (Phi) is 4.73. The average Bonchev–Trinajstić information content (AvgIpc) is 2.73. The molecule has 0 bridgehead atoms. The maximum Gasteiger partial charge on any atom is 0.190 e. The molecule has 0 saturated heterocycles. The zero-order valence-electron chi connectivity index (χ0n) is 16.8. The Morgan fingerprint density at radius 1 is 0.714 bits per heavy atom. The zero-order valence-corrected chi connectivity index (χ0v) is 16.8. The van der Waals surface area contributed by atoms with E-state index in [1.54, 1.807) is 0 Å². The summed E-state index contributed by atoms with van der Waals surface area (Å²) in [5.41, 5.74) is 4.73. The van der Waals surface area contributed by atoms with Gasteiger partial charge >= 0.3 is 0 Å². The van der Waals surface area contributed by atoms with Crippen molar-refractivity contribution >= 4 is 11.4 Å². The molecule has 0 spiro atoms. The minimum absolute atomic E-state index is 0.204. The summed E-state index contributed by atoms with van der Waals surface area (Å²) in [6, 6.07) is 25.2. The Balaban J connectivity index is 2.01. The zero-order chi connectivity index (χ0) is 19.7. The number of hydrogen-bond donors (Lipinski definition) is 0. The van der Waals surface area contributed by atoms with Gasteiger partial charge in [-0.25, -0.2) is 0 Å². The Morgan fingerprint density at radius 3 is 1.86 bits per heavy atom. The molecule has 1 aliphatic rings. The van der Waals surface area contributed by atoms with Crippen LogP contribution in [0.3, 0.4) is 0 Å². The first kappa shape index (κ1) is 18.4. The van der Waals surface area contributed by atoms with Gasteiger partial charge in [-0.3, -0.25) is 0 Å². The van der Waals surface area contributed by atoms with Crippen LogP contribution >= 0.6 is 0 Å². The van der Waals surface area contributed by atoms with Crippen molar-refractivity contribution in [2.24, 2.45) is 0 Å². The second-order valence-electron chi connectivity index (χ2n) is 7.47. The molecular formula is C24H26N2O2. The van der Waals surface area contributed by atoms with Gasteiger partial charge in [-0.2, -0.15) is 0 Å². The van der Waals surface area contributed by atoms with Crippen LogP contribution in [-0.2, 0) is 10.3 Å². The average molecular weight is 374 g/mol. The third-order valence-corrected chi connectivity index (χ3v) is 5.29. The van der Waals surface area contributed by atoms with Gasteiger partial charge in [-0.05, 0) is 41.5 Å². The van der Waals surface area contributed by atoms with Crippen molar-refractivity contribution in [3.8, 4) is 5.75 Å². The summed E-state index contributed by atoms with van der Waals surface area (Å²) in [5, 5.41) is 0. The molecule has 0 aromatic heterocycles. The number of hydrogen-bond acceptors (Lipinski definition) is 4. The predicted octanol–water partition coefficient (Wildman–Crippen LogP) is 4.48. The molecule has 0 N–H and O–H groups in total. The van der Waals surface area contributed by atoms with Crippen molar-refractivity contribution < 1.29 is 9.47 Å². The smallest absolute Gasteiger partial charge is 0.190 e. The van der Waals surface area contributed by atoms with Crippen molar-refractivity contribution in [1.29, 1.82) is 0 Å². The van der Waals surface area contributed by atoms with Crippen LogP contribution in [0.25, 0.3) is 0 Å². The molecule has 4 rings (SSSR count). The number of fused-ring (bicyclic) bond motifs is 1. The van der Waals surface area contributed by atoms with E-state index in [0.29, 0.717) is 0 Å². The second kappa shape index (κ2) is 7.21. The minimum atomic E-state index is -0.729. The molecular weight excluding hydrogens is 348 g/mol. The standard InChI is InChI=1S/C24H26N2O2/c1-25(2)20-11-7-9-18(15-20)24(19-10-8-12-21(16-19)26(3)4)22-13-5-6-14-23(22)27-17-28-24/h5-16H,17H2,1-4H3. The van der Waals surface area contributed by atoms with E-state index >= 15 is 0 Å². The normalized spacial score (nSPS) is 14.7. The highest BCUT2D eigenvalue weighted by molar-refractivity contribution is 5.60. The minimum Gasteiger partial charge on any atom is -0.467 e. The van der Waals surface area contributed by atoms with Gasteiger partial charge in [-0.1, -0.05) is 42.5 Å². The molecule has 0 aliphatic carbocycles. The van der Waals surface area contributed by atoms with Crippen LogP contribution < -0.4 is 14.5 Å². The lowest BCUT2D eigenvalue weighted by Gasteiger charge is -2.40. The Labute approximate surface area is 166 Å². The molecule has 28 heavy (non-hydrogen) atoms. The fourth-order valence-corrected chi connectivity index (χ4v) is 3.79. The van der Waals surface area contributed by atoms with Gasteiger partial charge in [0.2, 0.25) is 0 Å². The Bertz CT molecular complexity index is 930. The van der Waals surface area contributed by atoms with Crippen molar-refractivity contribution in [3.05, 3.63) is 89.5 Å². The molecule has 4 heteroatoms. The van der Waals surface area contributed by atoms with E-state index in [9.17, 15) is 0 Å². The number of anilines is 2. The summed E-state index contributed by atoms with van der Waals surface area (Å²) >= 11 is 0. The van der Waals surface area contributed by atoms with E-state index in [4.69, 9.17) is 9.47 Å². The van der Waals surface area contributed by atoms with E-state index in [-0.39, 0.29) is 6.79 Å². The summed E-state index contributed by atoms with van der Waals surface area (Å²) in [6.45, 7) is 0.204. The molecule has 3 aromatic carbocycles. The summed E-state index contributed by atoms with van der Waals surface area (Å²) in [4.78, 5) is 4.22. The molecule has 0 saturated carbocycles. The molecule has 0 fully saturated rings. The molecule has 1 aliphatic heterocycles. The highest BCUT2D eigenvalue weighted by Gasteiger charge is 2.43. The van der Waals surface area contributed by atoms with Crippen LogP contribution in [0, 0.1) is 0 Å². The summed E-state index contributed by atoms with van der Waals surface area (Å²) < 4.78 is 12.3. The third kappa shape index (κ3) is 3.00. The van der Waals surface area contributed by atoms with Gasteiger partial charge in [0, 0.05) is 45.1 Å². The molecule has 0 radical (unpaired) electrons. The first-order chi connectivity index (χ1) is 13.5. The topological polar surface area (TPSA) is 24.9 Å². The highest BCUT2D eigenvalue weighted by atomic mass is 16.7. The fraction of sp³-hybridized carbons (Fsp3) is 0.250. The van der Waals surface area contributed by atoms with E-state index in [2.05, 4.69) is 92.6 Å². The summed E-state index contributed by atoms with van der Waals surface area (Å²) in [5.74, 6) is 0.860. The van der Waals surface area contributed by atoms with Gasteiger partial charge in [0.1, 0.15) is 5.75 Å². The van der Waals surface area contributed by atoms with Gasteiger partial charge in [0.05, 0.1) is 0 Å². The second-order valence-corrected chi connectivity index (χ2v) is 7.47. The lowest BCUT2D eigenvalue weighted by molar-refractivity contribution is -0.0875. The lowest BCUT2D eigenvalue weighted by Crippen LogP contribution is -2.38. The fourth-order valence-electron chi connectivity index (χ4n) is 3.79. The Morgan fingerprint density at radius 2 is 1.29 bits per heavy atom. The molecule has 3 aromatic rings. The van der Waals surface area contributed by atoms with Crippen LogP contribution in [0.5, 0.6) is 5.75 Å². The van der Waals surface area contributed by atoms with Gasteiger partial charge < -0.3 is 19.3 Å². The van der Waals surface area contributed by atoms with Crippen LogP contribution in [0.2, 0.25) is 0 Å². The van der Waals surface area contributed by atoms with Crippen molar-refractivity contribution in [2.45, 2.75) is 5.60 Å². The third-order valence-electron chi connectivity index (χ3n) is 5.29. The van der Waals surface area contributed by atoms with Crippen molar-refractivity contribution in [3.63, 3.8) is 0 Å². The molecule has 144 valence electrons. The number of para-hydroxylation sites is 1. The van der Waals surface area contributed by atoms with Gasteiger partial charge in [-0.15, -0.1) is 0 Å². The summed E-state index contributed by atoms with van der Waals surface area (Å²) in [7, 11) is 8.21. The maximum atomic E-state index is 6.47. The number of nitrogens with zero attached hydrogens (tertiary/aromatic N) is 2. The van der Waals surface area contributed by atoms with Crippen molar-refractivity contribution in [1.82, 2.24) is 0 Å². The molecule has 4 nitrogen and oxygen atoms in total. The van der Waals surface area contributed by atoms with E-state index < -0.39 is 5.60 Å². The number of ether oxygens (including phenoxy) is 2. The molecule has 1 heterocycles. The maximum absolute atomic E-state index is 6.47. The highest BCUT2D eigenvalue weighted by Crippen LogP contribution is 2.47. The molecule has 0 atom stereocenters. The van der Waals surface area contributed by atoms with E-state index in [0.717, 1.165) is 33.8 Å². The quantitative estimate of drug-likeness (QED) is 0.672. The first-order valence-corrected chi connectivity index (χ1v) is 9.44. The van der Waals surface area contributed by atoms with E-state index in [1.165, 1.54) is 0 Å². The summed E-state index contributed by atoms with van der Waals surface area (Å²) in [6.07, 6.45) is 0. The molecule has 0 unspecified atom stereocenters. The van der Waals surface area contributed by atoms with Crippen LogP contribution in [0.15, 0.2) is 72.8 Å². The Hall–Kier alpha value is -2.98. The van der Waals surface area contributed by atoms with Crippen molar-refractivity contribution in [2.75, 3.05) is 44.8 Å². The van der Waals surface area contributed by atoms with Gasteiger partial charge in [0.15, 0.2) is 12.4 Å². The SMILES string of the molecule is CN(C)c1cccc(C2(c3cccc(N(C)C)c3)OCOc3ccccc32)c1. The number of rotatable bonds is 4. The lowest BCUT2D eigenvalue weighted by atomic mass is 9.79. The number of benzene rings is 3. The molecule has 0 amide bonds. The van der Waals surface area contributed by atoms with Gasteiger partial charge in [0.25, 0.3) is 0 Å². The van der Waals surface area contributed by atoms with Crippen LogP contribution in [0.4, 0.5) is 11.4 Å². The van der Waals surface area contributed by atoms with Crippen LogP contribution in [0.1, 0.15) is 16.7 Å². The monoisotopic (exact) mass is 374 g/mol. The first-order valence-electron chi connectivity index (χ1n) is 9.44. The largest absolute Gasteiger partial charge is 0.467 e.